The number of amides is 4. The van der Waals surface area contributed by atoms with Gasteiger partial charge in [0.05, 0.1) is 18.3 Å². The summed E-state index contributed by atoms with van der Waals surface area (Å²) in [5.74, 6) is -0.889. The second-order valence-corrected chi connectivity index (χ2v) is 22.9. The van der Waals surface area contributed by atoms with E-state index in [0.717, 1.165) is 30.7 Å². The molecule has 0 bridgehead atoms. The molecule has 2 heterocycles. The number of likely N-dealkylation sites (N-methyl/N-ethyl adjacent to an activating group) is 4. The molecule has 1 fully saturated rings. The summed E-state index contributed by atoms with van der Waals surface area (Å²) in [5, 5.41) is 4.45. The highest BCUT2D eigenvalue weighted by Gasteiger charge is 2.43. The van der Waals surface area contributed by atoms with Gasteiger partial charge in [-0.15, -0.1) is 0 Å². The monoisotopic (exact) mass is 1090 g/mol. The van der Waals surface area contributed by atoms with E-state index in [1.807, 2.05) is 87.6 Å². The van der Waals surface area contributed by atoms with Crippen LogP contribution < -0.4 is 0 Å². The Morgan fingerprint density at radius 2 is 0.810 bits per heavy atom. The van der Waals surface area contributed by atoms with Gasteiger partial charge in [0.25, 0.3) is 23.6 Å². The largest absolute Gasteiger partial charge is 0.451 e. The maximum absolute atomic E-state index is 15.0. The predicted octanol–water partition coefficient (Wildman–Crippen LogP) is 6.92. The third-order valence-corrected chi connectivity index (χ3v) is 13.7. The summed E-state index contributed by atoms with van der Waals surface area (Å²) in [5.41, 5.74) is 2.92. The number of nitrogens with zero attached hydrogens (tertiary/aromatic N) is 6. The van der Waals surface area contributed by atoms with Crippen molar-refractivity contribution in [2.24, 2.45) is 29.6 Å². The van der Waals surface area contributed by atoms with Crippen molar-refractivity contribution in [3.8, 4) is 11.8 Å². The van der Waals surface area contributed by atoms with E-state index >= 15 is 4.79 Å². The molecule has 1 aliphatic heterocycles. The van der Waals surface area contributed by atoms with Crippen LogP contribution in [0.25, 0.3) is 0 Å². The van der Waals surface area contributed by atoms with Crippen LogP contribution in [0.5, 0.6) is 0 Å². The minimum atomic E-state index is -1.54. The molecule has 0 N–H and O–H groups in total. The lowest BCUT2D eigenvalue weighted by Gasteiger charge is -2.35. The lowest BCUT2D eigenvalue weighted by molar-refractivity contribution is -0.176. The molecular weight excluding hydrogens is 1010 g/mol. The number of benzene rings is 2. The average molecular weight is 1100 g/mol. The Hall–Kier alpha value is -7.03. The molecule has 1 saturated heterocycles. The highest BCUT2D eigenvalue weighted by atomic mass is 16.6. The van der Waals surface area contributed by atoms with Gasteiger partial charge in [0.15, 0.2) is 24.4 Å². The van der Waals surface area contributed by atoms with Gasteiger partial charge in [-0.2, -0.15) is 5.10 Å². The van der Waals surface area contributed by atoms with Crippen LogP contribution in [0, 0.1) is 41.4 Å². The summed E-state index contributed by atoms with van der Waals surface area (Å²) in [7, 11) is 5.57. The summed E-state index contributed by atoms with van der Waals surface area (Å²) >= 11 is 0. The summed E-state index contributed by atoms with van der Waals surface area (Å²) in [4.78, 5) is 121. The predicted molar refractivity (Wildman–Crippen MR) is 298 cm³/mol. The Morgan fingerprint density at radius 1 is 0.468 bits per heavy atom. The fraction of sp³-hybridized carbons (Fsp3) is 0.590. The molecule has 0 radical (unpaired) electrons. The first-order valence-corrected chi connectivity index (χ1v) is 27.6. The van der Waals surface area contributed by atoms with Gasteiger partial charge < -0.3 is 38.5 Å². The van der Waals surface area contributed by atoms with Crippen molar-refractivity contribution in [2.75, 3.05) is 28.2 Å². The smallest absolute Gasteiger partial charge is 0.329 e. The van der Waals surface area contributed by atoms with Gasteiger partial charge in [-0.25, -0.2) is 19.2 Å². The molecule has 0 saturated carbocycles. The zero-order valence-electron chi connectivity index (χ0n) is 49.4. The van der Waals surface area contributed by atoms with Crippen molar-refractivity contribution < 1.29 is 57.3 Å². The van der Waals surface area contributed by atoms with Gasteiger partial charge in [-0.1, -0.05) is 136 Å². The number of hydrogen-bond donors (Lipinski definition) is 0. The molecule has 3 aromatic rings. The standard InChI is InChI=1S/C61H86N6O12/c1-37(2)22-23-47-34-62-67(36-47)35-46-26-24-45(25-27-46)33-53-57(71)66(16)49(29-39(5)6)59(73)77-42(11)54(68)63(13)50(30-40(7)8)60(74)78-52(32-44-20-18-17-19-21-44)56(70)65(15)48(28-38(3)4)58(72)76-43(12)55(69)64(14)51(31-41(9)10)61(75)79-53/h17-21,24-27,34,36-43,48-53H,28-33,35H2,1-16H3/t42-,43-,48+,49+,50+,51+,52-,53-/m1/s1. The number of ether oxygens (including phenoxy) is 4. The van der Waals surface area contributed by atoms with Crippen LogP contribution in [0.2, 0.25) is 0 Å². The van der Waals surface area contributed by atoms with E-state index < -0.39 is 96.1 Å². The molecular formula is C61H86N6O12. The third-order valence-electron chi connectivity index (χ3n) is 13.7. The highest BCUT2D eigenvalue weighted by Crippen LogP contribution is 2.24. The Kier molecular flexibility index (Phi) is 24.3. The topological polar surface area (TPSA) is 204 Å². The molecule has 79 heavy (non-hydrogen) atoms. The van der Waals surface area contributed by atoms with Crippen LogP contribution in [-0.4, -0.2) is 154 Å². The highest BCUT2D eigenvalue weighted by molar-refractivity contribution is 5.94. The van der Waals surface area contributed by atoms with E-state index in [1.54, 1.807) is 53.3 Å². The summed E-state index contributed by atoms with van der Waals surface area (Å²) < 4.78 is 25.8. The van der Waals surface area contributed by atoms with E-state index in [9.17, 15) is 33.6 Å². The first-order chi connectivity index (χ1) is 37.1. The first-order valence-electron chi connectivity index (χ1n) is 27.6. The summed E-state index contributed by atoms with van der Waals surface area (Å²) in [6.07, 6.45) is -2.29. The van der Waals surface area contributed by atoms with Crippen molar-refractivity contribution in [1.82, 2.24) is 29.4 Å². The third kappa shape index (κ3) is 19.1. The molecule has 0 aliphatic carbocycles. The quantitative estimate of drug-likeness (QED) is 0.0915. The zero-order valence-corrected chi connectivity index (χ0v) is 49.4. The van der Waals surface area contributed by atoms with Gasteiger partial charge in [-0.05, 0) is 79.9 Å². The average Bonchev–Trinajstić information content (AvgIpc) is 3.85. The minimum Gasteiger partial charge on any atom is -0.451 e. The van der Waals surface area contributed by atoms with Crippen LogP contribution in [0.4, 0.5) is 0 Å². The maximum atomic E-state index is 15.0. The van der Waals surface area contributed by atoms with Crippen molar-refractivity contribution in [2.45, 2.75) is 177 Å². The molecule has 0 unspecified atom stereocenters. The van der Waals surface area contributed by atoms with Gasteiger partial charge >= 0.3 is 23.9 Å². The maximum Gasteiger partial charge on any atom is 0.329 e. The summed E-state index contributed by atoms with van der Waals surface area (Å²) in [6, 6.07) is 11.1. The van der Waals surface area contributed by atoms with Gasteiger partial charge in [0.2, 0.25) is 0 Å². The molecule has 8 atom stereocenters. The van der Waals surface area contributed by atoms with Gasteiger partial charge in [0.1, 0.15) is 24.2 Å². The van der Waals surface area contributed by atoms with E-state index in [-0.39, 0.29) is 68.1 Å². The van der Waals surface area contributed by atoms with Crippen LogP contribution in [0.3, 0.4) is 0 Å². The number of aromatic nitrogens is 2. The van der Waals surface area contributed by atoms with Crippen molar-refractivity contribution in [3.05, 3.63) is 89.2 Å². The van der Waals surface area contributed by atoms with Gasteiger partial charge in [-0.3, -0.25) is 23.9 Å². The molecule has 18 heteroatoms. The number of cyclic esters (lactones) is 4. The molecule has 18 nitrogen and oxygen atoms in total. The number of rotatable bonds is 14. The van der Waals surface area contributed by atoms with E-state index in [2.05, 4.69) is 16.9 Å². The van der Waals surface area contributed by atoms with E-state index in [0.29, 0.717) is 17.7 Å². The summed E-state index contributed by atoms with van der Waals surface area (Å²) in [6.45, 7) is 22.0. The Labute approximate surface area is 468 Å². The van der Waals surface area contributed by atoms with Crippen LogP contribution in [0.1, 0.15) is 131 Å². The number of hydrogen-bond acceptors (Lipinski definition) is 13. The second-order valence-electron chi connectivity index (χ2n) is 22.9. The van der Waals surface area contributed by atoms with Gasteiger partial charge in [0, 0.05) is 53.1 Å². The molecule has 0 spiro atoms. The number of esters is 4. The lowest BCUT2D eigenvalue weighted by atomic mass is 9.99. The molecule has 1 aliphatic rings. The molecule has 2 aromatic carbocycles. The van der Waals surface area contributed by atoms with Crippen LogP contribution in [0.15, 0.2) is 67.0 Å². The number of carbonyl (C=O) groups is 8. The number of carbonyl (C=O) groups excluding carboxylic acids is 8. The Bertz CT molecular complexity index is 2600. The molecule has 432 valence electrons. The first kappa shape index (κ1) is 64.5. The van der Waals surface area contributed by atoms with Crippen molar-refractivity contribution in [1.29, 1.82) is 0 Å². The Balaban J connectivity index is 1.84. The van der Waals surface area contributed by atoms with E-state index in [1.165, 1.54) is 42.0 Å². The fourth-order valence-electron chi connectivity index (χ4n) is 9.23. The van der Waals surface area contributed by atoms with Crippen molar-refractivity contribution >= 4 is 47.5 Å². The normalized spacial score (nSPS) is 23.3. The van der Waals surface area contributed by atoms with E-state index in [4.69, 9.17) is 18.9 Å². The molecule has 4 rings (SSSR count). The SMILES string of the molecule is CC(C)C#Cc1cnn(Cc2ccc(C[C@H]3OC(=O)[C@H](CC(C)C)N(C)C(=O)[C@@H](C)OC(=O)[C@H](CC(C)C)N(C)C(=O)[C@@H](Cc4ccccc4)OC(=O)[C@H](CC(C)C)N(C)C(=O)[C@@H](C)OC(=O)[C@H](CC(C)C)N(C)C3=O)cc2)c1. The fourth-order valence-corrected chi connectivity index (χ4v) is 9.23. The second kappa shape index (κ2) is 29.8. The zero-order chi connectivity index (χ0) is 59.0. The lowest BCUT2D eigenvalue weighted by Crippen LogP contribution is -2.55. The molecule has 4 amide bonds. The Morgan fingerprint density at radius 3 is 1.18 bits per heavy atom. The minimum absolute atomic E-state index is 0.0841. The van der Waals surface area contributed by atoms with Crippen LogP contribution >= 0.6 is 0 Å². The van der Waals surface area contributed by atoms with Crippen LogP contribution in [-0.2, 0) is 76.7 Å². The molecule has 1 aromatic heterocycles. The van der Waals surface area contributed by atoms with Crippen molar-refractivity contribution in [3.63, 3.8) is 0 Å².